The molecule has 0 saturated heterocycles. The maximum atomic E-state index is 5.21. The predicted molar refractivity (Wildman–Crippen MR) is 65.2 cm³/mol. The summed E-state index contributed by atoms with van der Waals surface area (Å²) in [5.41, 5.74) is 0. The smallest absolute Gasteiger partial charge is 0.268 e. The summed E-state index contributed by atoms with van der Waals surface area (Å²) >= 11 is 5.00. The van der Waals surface area contributed by atoms with Crippen LogP contribution in [0.5, 0.6) is 0 Å². The maximum absolute atomic E-state index is 5.21. The molecule has 0 radical (unpaired) electrons. The first-order chi connectivity index (χ1) is 7.81. The van der Waals surface area contributed by atoms with Crippen molar-refractivity contribution in [2.24, 2.45) is 0 Å². The van der Waals surface area contributed by atoms with Crippen LogP contribution >= 0.6 is 27.3 Å². The Kier molecular flexibility index (Phi) is 2.79. The molecule has 1 aliphatic carbocycles. The fourth-order valence-electron chi connectivity index (χ4n) is 1.38. The Labute approximate surface area is 105 Å². The van der Waals surface area contributed by atoms with Gasteiger partial charge in [-0.3, -0.25) is 0 Å². The summed E-state index contributed by atoms with van der Waals surface area (Å²) < 4.78 is 6.27. The van der Waals surface area contributed by atoms with Crippen molar-refractivity contribution in [1.29, 1.82) is 0 Å². The normalized spacial score (nSPS) is 15.6. The Morgan fingerprint density at radius 2 is 2.38 bits per heavy atom. The van der Waals surface area contributed by atoms with E-state index in [4.69, 9.17) is 4.52 Å². The number of nitrogens with zero attached hydrogens (tertiary/aromatic N) is 2. The minimum Gasteiger partial charge on any atom is -0.333 e. The lowest BCUT2D eigenvalue weighted by Crippen LogP contribution is -2.16. The van der Waals surface area contributed by atoms with Crippen LogP contribution < -0.4 is 5.32 Å². The van der Waals surface area contributed by atoms with E-state index in [9.17, 15) is 0 Å². The molecule has 1 N–H and O–H groups in total. The van der Waals surface area contributed by atoms with Gasteiger partial charge in [0.2, 0.25) is 0 Å². The lowest BCUT2D eigenvalue weighted by Gasteiger charge is -1.94. The molecule has 4 nitrogen and oxygen atoms in total. The van der Waals surface area contributed by atoms with Gasteiger partial charge in [0.25, 0.3) is 5.89 Å². The average molecular weight is 300 g/mol. The molecule has 2 heterocycles. The molecule has 2 aromatic rings. The van der Waals surface area contributed by atoms with E-state index in [-0.39, 0.29) is 0 Å². The van der Waals surface area contributed by atoms with E-state index in [0.29, 0.717) is 18.5 Å². The minimum atomic E-state index is 0.600. The van der Waals surface area contributed by atoms with Crippen molar-refractivity contribution >= 4 is 27.3 Å². The molecule has 1 aliphatic rings. The highest BCUT2D eigenvalue weighted by Crippen LogP contribution is 2.30. The van der Waals surface area contributed by atoms with Crippen LogP contribution in [-0.2, 0) is 6.54 Å². The number of rotatable bonds is 4. The second-order valence-electron chi connectivity index (χ2n) is 3.77. The van der Waals surface area contributed by atoms with Gasteiger partial charge in [-0.1, -0.05) is 5.16 Å². The highest BCUT2D eigenvalue weighted by Gasteiger charge is 2.21. The predicted octanol–water partition coefficient (Wildman–Crippen LogP) is 2.81. The van der Waals surface area contributed by atoms with Crippen LogP contribution in [0.4, 0.5) is 0 Å². The Hall–Kier alpha value is -0.720. The van der Waals surface area contributed by atoms with E-state index in [1.807, 2.05) is 12.1 Å². The van der Waals surface area contributed by atoms with Crippen molar-refractivity contribution in [3.05, 3.63) is 21.7 Å². The van der Waals surface area contributed by atoms with Gasteiger partial charge in [-0.05, 0) is 40.9 Å². The van der Waals surface area contributed by atoms with Crippen LogP contribution in [0.15, 0.2) is 20.4 Å². The van der Waals surface area contributed by atoms with E-state index < -0.39 is 0 Å². The minimum absolute atomic E-state index is 0.600. The second kappa shape index (κ2) is 4.27. The Bertz CT molecular complexity index is 492. The van der Waals surface area contributed by atoms with Crippen molar-refractivity contribution in [3.63, 3.8) is 0 Å². The fourth-order valence-corrected chi connectivity index (χ4v) is 2.69. The van der Waals surface area contributed by atoms with Gasteiger partial charge in [0.05, 0.1) is 15.2 Å². The van der Waals surface area contributed by atoms with Gasteiger partial charge in [-0.15, -0.1) is 11.3 Å². The van der Waals surface area contributed by atoms with E-state index >= 15 is 0 Å². The van der Waals surface area contributed by atoms with Gasteiger partial charge in [0.15, 0.2) is 5.82 Å². The Morgan fingerprint density at radius 3 is 3.06 bits per heavy atom. The van der Waals surface area contributed by atoms with Gasteiger partial charge in [-0.2, -0.15) is 4.98 Å². The number of thiophene rings is 1. The summed E-state index contributed by atoms with van der Waals surface area (Å²) in [7, 11) is 0. The average Bonchev–Trinajstić information content (AvgIpc) is 2.81. The molecule has 0 aromatic carbocycles. The van der Waals surface area contributed by atoms with Gasteiger partial charge in [-0.25, -0.2) is 0 Å². The van der Waals surface area contributed by atoms with E-state index in [1.54, 1.807) is 11.3 Å². The molecule has 1 saturated carbocycles. The molecular weight excluding hydrogens is 290 g/mol. The molecule has 1 fully saturated rings. The van der Waals surface area contributed by atoms with Crippen molar-refractivity contribution < 1.29 is 4.52 Å². The molecule has 0 spiro atoms. The highest BCUT2D eigenvalue weighted by atomic mass is 79.9. The van der Waals surface area contributed by atoms with Gasteiger partial charge < -0.3 is 9.84 Å². The molecule has 84 valence electrons. The molecule has 16 heavy (non-hydrogen) atoms. The Balaban J connectivity index is 1.71. The first-order valence-corrected chi connectivity index (χ1v) is 6.74. The molecule has 0 bridgehead atoms. The largest absolute Gasteiger partial charge is 0.333 e. The molecule has 0 aliphatic heterocycles. The summed E-state index contributed by atoms with van der Waals surface area (Å²) in [5.74, 6) is 1.33. The summed E-state index contributed by atoms with van der Waals surface area (Å²) in [6, 6.07) is 4.62. The van der Waals surface area contributed by atoms with E-state index in [0.717, 1.165) is 14.5 Å². The zero-order valence-electron chi connectivity index (χ0n) is 8.44. The molecule has 6 heteroatoms. The Morgan fingerprint density at radius 1 is 1.50 bits per heavy atom. The van der Waals surface area contributed by atoms with E-state index in [1.165, 1.54) is 12.8 Å². The van der Waals surface area contributed by atoms with Crippen LogP contribution in [0.1, 0.15) is 18.7 Å². The fraction of sp³-hybridized carbons (Fsp3) is 0.400. The lowest BCUT2D eigenvalue weighted by molar-refractivity contribution is 0.420. The third kappa shape index (κ3) is 2.34. The third-order valence-electron chi connectivity index (χ3n) is 2.38. The standard InChI is InChI=1S/C10H10BrN3OS/c11-8-4-3-7(16-8)10-13-9(14-15-10)5-12-6-1-2-6/h3-4,6,12H,1-2,5H2. The SMILES string of the molecule is Brc1ccc(-c2nc(CNC3CC3)no2)s1. The topological polar surface area (TPSA) is 51.0 Å². The van der Waals surface area contributed by atoms with E-state index in [2.05, 4.69) is 31.4 Å². The van der Waals surface area contributed by atoms with Crippen LogP contribution in [-0.4, -0.2) is 16.2 Å². The van der Waals surface area contributed by atoms with Crippen LogP contribution in [0.2, 0.25) is 0 Å². The van der Waals surface area contributed by atoms with Crippen molar-refractivity contribution in [2.75, 3.05) is 0 Å². The van der Waals surface area contributed by atoms with Gasteiger partial charge in [0.1, 0.15) is 0 Å². The zero-order chi connectivity index (χ0) is 11.0. The molecule has 0 atom stereocenters. The van der Waals surface area contributed by atoms with Gasteiger partial charge in [0, 0.05) is 6.04 Å². The van der Waals surface area contributed by atoms with Crippen molar-refractivity contribution in [1.82, 2.24) is 15.5 Å². The monoisotopic (exact) mass is 299 g/mol. The molecular formula is C10H10BrN3OS. The number of nitrogens with one attached hydrogen (secondary N) is 1. The van der Waals surface area contributed by atoms with Gasteiger partial charge >= 0.3 is 0 Å². The molecule has 3 rings (SSSR count). The zero-order valence-corrected chi connectivity index (χ0v) is 10.8. The number of aromatic nitrogens is 2. The molecule has 2 aromatic heterocycles. The quantitative estimate of drug-likeness (QED) is 0.943. The second-order valence-corrected chi connectivity index (χ2v) is 6.24. The first kappa shape index (κ1) is 10.4. The molecule has 0 unspecified atom stereocenters. The number of hydrogen-bond acceptors (Lipinski definition) is 5. The summed E-state index contributed by atoms with van der Waals surface area (Å²) in [5, 5.41) is 7.30. The van der Waals surface area contributed by atoms with Crippen molar-refractivity contribution in [3.8, 4) is 10.8 Å². The highest BCUT2D eigenvalue weighted by molar-refractivity contribution is 9.11. The van der Waals surface area contributed by atoms with Crippen LogP contribution in [0.3, 0.4) is 0 Å². The molecule has 0 amide bonds. The third-order valence-corrected chi connectivity index (χ3v) is 3.99. The van der Waals surface area contributed by atoms with Crippen LogP contribution in [0, 0.1) is 0 Å². The number of hydrogen-bond donors (Lipinski definition) is 1. The lowest BCUT2D eigenvalue weighted by atomic mass is 10.5. The first-order valence-electron chi connectivity index (χ1n) is 5.13. The van der Waals surface area contributed by atoms with Crippen LogP contribution in [0.25, 0.3) is 10.8 Å². The summed E-state index contributed by atoms with van der Waals surface area (Å²) in [6.45, 7) is 0.695. The summed E-state index contributed by atoms with van der Waals surface area (Å²) in [6.07, 6.45) is 2.53. The van der Waals surface area contributed by atoms with Crippen molar-refractivity contribution in [2.45, 2.75) is 25.4 Å². The number of halogens is 1. The maximum Gasteiger partial charge on any atom is 0.268 e. The summed E-state index contributed by atoms with van der Waals surface area (Å²) in [4.78, 5) is 5.34.